The fourth-order valence-corrected chi connectivity index (χ4v) is 0.720. The molecule has 5 nitrogen and oxygen atoms in total. The number of carboxylic acids is 1. The first-order chi connectivity index (χ1) is 8.10. The summed E-state index contributed by atoms with van der Waals surface area (Å²) in [6, 6.07) is 11.2. The Balaban J connectivity index is 0.000000302. The fraction of sp³-hybridized carbons (Fsp3) is 0.0833. The van der Waals surface area contributed by atoms with Gasteiger partial charge in [-0.25, -0.2) is 9.59 Å². The number of hydrogen-bond acceptors (Lipinski definition) is 4. The average molecular weight is 233 g/mol. The Bertz CT molecular complexity index is 432. The SMILES string of the molecule is COC(=O)/C=C/C(=O)O.N#Cc1ccccc1. The van der Waals surface area contributed by atoms with Crippen molar-refractivity contribution in [1.29, 1.82) is 5.26 Å². The first-order valence-electron chi connectivity index (χ1n) is 4.54. The van der Waals surface area contributed by atoms with Gasteiger partial charge in [-0.2, -0.15) is 5.26 Å². The molecule has 17 heavy (non-hydrogen) atoms. The van der Waals surface area contributed by atoms with Crippen LogP contribution in [0, 0.1) is 11.3 Å². The molecule has 88 valence electrons. The molecule has 0 unspecified atom stereocenters. The first kappa shape index (κ1) is 14.4. The number of carbonyl (C=O) groups is 2. The van der Waals surface area contributed by atoms with Crippen LogP contribution in [-0.2, 0) is 14.3 Å². The summed E-state index contributed by atoms with van der Waals surface area (Å²) in [4.78, 5) is 19.9. The maximum atomic E-state index is 10.1. The van der Waals surface area contributed by atoms with E-state index in [0.29, 0.717) is 11.6 Å². The van der Waals surface area contributed by atoms with Crippen LogP contribution in [0.3, 0.4) is 0 Å². The molecular formula is C12H11NO4. The molecule has 0 saturated carbocycles. The van der Waals surface area contributed by atoms with Gasteiger partial charge in [-0.1, -0.05) is 18.2 Å². The van der Waals surface area contributed by atoms with Crippen LogP contribution >= 0.6 is 0 Å². The van der Waals surface area contributed by atoms with Crippen molar-refractivity contribution < 1.29 is 19.4 Å². The summed E-state index contributed by atoms with van der Waals surface area (Å²) in [5.41, 5.74) is 0.715. The van der Waals surface area contributed by atoms with Crippen LogP contribution in [0.1, 0.15) is 5.56 Å². The van der Waals surface area contributed by atoms with Gasteiger partial charge < -0.3 is 9.84 Å². The highest BCUT2D eigenvalue weighted by Crippen LogP contribution is 1.93. The Kier molecular flexibility index (Phi) is 7.35. The molecule has 0 bridgehead atoms. The van der Waals surface area contributed by atoms with Gasteiger partial charge in [-0.15, -0.1) is 0 Å². The van der Waals surface area contributed by atoms with E-state index in [1.54, 1.807) is 12.1 Å². The van der Waals surface area contributed by atoms with Crippen molar-refractivity contribution in [3.8, 4) is 6.07 Å². The van der Waals surface area contributed by atoms with E-state index in [-0.39, 0.29) is 0 Å². The summed E-state index contributed by atoms with van der Waals surface area (Å²) >= 11 is 0. The third-order valence-corrected chi connectivity index (χ3v) is 1.47. The number of nitriles is 1. The summed E-state index contributed by atoms with van der Waals surface area (Å²) in [5.74, 6) is -1.84. The number of rotatable bonds is 2. The van der Waals surface area contributed by atoms with Crippen molar-refractivity contribution in [1.82, 2.24) is 0 Å². The summed E-state index contributed by atoms with van der Waals surface area (Å²) in [5, 5.41) is 16.3. The molecule has 0 fully saturated rings. The Labute approximate surface area is 98.6 Å². The second-order valence-corrected chi connectivity index (χ2v) is 2.67. The molecule has 0 spiro atoms. The molecule has 1 N–H and O–H groups in total. The van der Waals surface area contributed by atoms with Gasteiger partial charge in [0, 0.05) is 12.2 Å². The number of hydrogen-bond donors (Lipinski definition) is 1. The Hall–Kier alpha value is -2.61. The summed E-state index contributed by atoms with van der Waals surface area (Å²) in [7, 11) is 1.18. The Morgan fingerprint density at radius 2 is 1.88 bits per heavy atom. The van der Waals surface area contributed by atoms with Crippen LogP contribution in [0.15, 0.2) is 42.5 Å². The fourth-order valence-electron chi connectivity index (χ4n) is 0.720. The predicted octanol–water partition coefficient (Wildman–Crippen LogP) is 1.36. The summed E-state index contributed by atoms with van der Waals surface area (Å²) in [6.45, 7) is 0. The van der Waals surface area contributed by atoms with Crippen molar-refractivity contribution in [3.63, 3.8) is 0 Å². The Morgan fingerprint density at radius 1 is 1.29 bits per heavy atom. The highest BCUT2D eigenvalue weighted by Gasteiger charge is 1.91. The van der Waals surface area contributed by atoms with Crippen LogP contribution in [0.5, 0.6) is 0 Å². The van der Waals surface area contributed by atoms with Crippen LogP contribution in [0.25, 0.3) is 0 Å². The van der Waals surface area contributed by atoms with Crippen LogP contribution in [0.2, 0.25) is 0 Å². The largest absolute Gasteiger partial charge is 0.478 e. The third-order valence-electron chi connectivity index (χ3n) is 1.47. The second kappa shape index (κ2) is 8.68. The molecule has 5 heteroatoms. The highest BCUT2D eigenvalue weighted by atomic mass is 16.5. The van der Waals surface area contributed by atoms with Crippen molar-refractivity contribution in [2.24, 2.45) is 0 Å². The molecule has 0 aliphatic heterocycles. The van der Waals surface area contributed by atoms with E-state index in [9.17, 15) is 9.59 Å². The Morgan fingerprint density at radius 3 is 2.24 bits per heavy atom. The molecule has 0 saturated heterocycles. The number of benzene rings is 1. The van der Waals surface area contributed by atoms with E-state index in [0.717, 1.165) is 6.08 Å². The van der Waals surface area contributed by atoms with E-state index in [1.807, 2.05) is 24.3 Å². The lowest BCUT2D eigenvalue weighted by Gasteiger charge is -1.85. The van der Waals surface area contributed by atoms with Crippen molar-refractivity contribution in [2.45, 2.75) is 0 Å². The third kappa shape index (κ3) is 8.39. The van der Waals surface area contributed by atoms with Crippen LogP contribution in [0.4, 0.5) is 0 Å². The number of ether oxygens (including phenoxy) is 1. The van der Waals surface area contributed by atoms with E-state index in [2.05, 4.69) is 4.74 Å². The second-order valence-electron chi connectivity index (χ2n) is 2.67. The monoisotopic (exact) mass is 233 g/mol. The minimum atomic E-state index is -1.17. The van der Waals surface area contributed by atoms with Gasteiger partial charge in [0.05, 0.1) is 18.7 Å². The molecule has 1 aromatic rings. The molecule has 0 amide bonds. The normalized spacial score (nSPS) is 8.71. The van der Waals surface area contributed by atoms with Crippen LogP contribution < -0.4 is 0 Å². The van der Waals surface area contributed by atoms with Gasteiger partial charge >= 0.3 is 11.9 Å². The molecule has 1 rings (SSSR count). The van der Waals surface area contributed by atoms with Gasteiger partial charge in [0.25, 0.3) is 0 Å². The van der Waals surface area contributed by atoms with Gasteiger partial charge in [0.1, 0.15) is 0 Å². The minimum Gasteiger partial charge on any atom is -0.478 e. The van der Waals surface area contributed by atoms with Gasteiger partial charge in [0.2, 0.25) is 0 Å². The van der Waals surface area contributed by atoms with E-state index in [4.69, 9.17) is 10.4 Å². The van der Waals surface area contributed by atoms with Gasteiger partial charge in [-0.3, -0.25) is 0 Å². The first-order valence-corrected chi connectivity index (χ1v) is 4.54. The lowest BCUT2D eigenvalue weighted by molar-refractivity contribution is -0.136. The molecule has 0 aliphatic rings. The maximum absolute atomic E-state index is 10.1. The van der Waals surface area contributed by atoms with Gasteiger partial charge in [0.15, 0.2) is 0 Å². The van der Waals surface area contributed by atoms with E-state index < -0.39 is 11.9 Å². The smallest absolute Gasteiger partial charge is 0.330 e. The topological polar surface area (TPSA) is 87.4 Å². The number of esters is 1. The standard InChI is InChI=1S/C7H5N.C5H6O4/c8-6-7-4-2-1-3-5-7;1-9-5(8)3-2-4(6)7/h1-5H;2-3H,1H3,(H,6,7)/b;3-2+. The van der Waals surface area contributed by atoms with Gasteiger partial charge in [-0.05, 0) is 12.1 Å². The lowest BCUT2D eigenvalue weighted by Crippen LogP contribution is -1.96. The summed E-state index contributed by atoms with van der Waals surface area (Å²) < 4.78 is 4.11. The number of aliphatic carboxylic acids is 1. The molecule has 0 radical (unpaired) electrons. The van der Waals surface area contributed by atoms with Crippen LogP contribution in [-0.4, -0.2) is 24.2 Å². The highest BCUT2D eigenvalue weighted by molar-refractivity contribution is 5.90. The number of carboxylic acid groups (broad SMARTS) is 1. The number of nitrogens with zero attached hydrogens (tertiary/aromatic N) is 1. The quantitative estimate of drug-likeness (QED) is 0.615. The molecule has 1 aromatic carbocycles. The number of methoxy groups -OCH3 is 1. The summed E-state index contributed by atoms with van der Waals surface area (Å²) in [6.07, 6.45) is 1.55. The molecule has 0 atom stereocenters. The zero-order valence-electron chi connectivity index (χ0n) is 9.16. The van der Waals surface area contributed by atoms with E-state index in [1.165, 1.54) is 7.11 Å². The zero-order chi connectivity index (χ0) is 13.1. The zero-order valence-corrected chi connectivity index (χ0v) is 9.16. The van der Waals surface area contributed by atoms with E-state index >= 15 is 0 Å². The minimum absolute atomic E-state index is 0.669. The maximum Gasteiger partial charge on any atom is 0.330 e. The lowest BCUT2D eigenvalue weighted by atomic mass is 10.2. The average Bonchev–Trinajstić information content (AvgIpc) is 2.37. The number of carbonyl (C=O) groups excluding carboxylic acids is 1. The van der Waals surface area contributed by atoms with Crippen molar-refractivity contribution in [3.05, 3.63) is 48.0 Å². The molecular weight excluding hydrogens is 222 g/mol. The molecule has 0 aliphatic carbocycles. The molecule has 0 heterocycles. The predicted molar refractivity (Wildman–Crippen MR) is 59.9 cm³/mol. The van der Waals surface area contributed by atoms with Crippen molar-refractivity contribution in [2.75, 3.05) is 7.11 Å². The molecule has 0 aromatic heterocycles. The van der Waals surface area contributed by atoms with Crippen molar-refractivity contribution >= 4 is 11.9 Å².